The Hall–Kier alpha value is -3.25. The number of benzene rings is 2. The van der Waals surface area contributed by atoms with Gasteiger partial charge in [0, 0.05) is 36.8 Å². The first-order valence-corrected chi connectivity index (χ1v) is 9.69. The molecule has 0 atom stereocenters. The van der Waals surface area contributed by atoms with E-state index >= 15 is 0 Å². The van der Waals surface area contributed by atoms with E-state index in [9.17, 15) is 8.78 Å². The summed E-state index contributed by atoms with van der Waals surface area (Å²) in [5.74, 6) is -0.667. The zero-order valence-corrected chi connectivity index (χ0v) is 16.9. The van der Waals surface area contributed by atoms with Crippen molar-refractivity contribution < 1.29 is 17.9 Å². The predicted octanol–water partition coefficient (Wildman–Crippen LogP) is 5.46. The van der Waals surface area contributed by atoms with Gasteiger partial charge in [0.1, 0.15) is 17.4 Å². The molecule has 0 unspecified atom stereocenters. The lowest BCUT2D eigenvalue weighted by Crippen LogP contribution is -2.21. The number of methoxy groups -OCH3 is 1. The molecule has 0 fully saturated rings. The van der Waals surface area contributed by atoms with Crippen molar-refractivity contribution in [2.75, 3.05) is 20.7 Å². The molecular formula is C24H22F2N2O2. The predicted molar refractivity (Wildman–Crippen MR) is 112 cm³/mol. The summed E-state index contributed by atoms with van der Waals surface area (Å²) in [6.45, 7) is 1.46. The van der Waals surface area contributed by atoms with Crippen LogP contribution in [-0.2, 0) is 13.0 Å². The number of hydrogen-bond acceptors (Lipinski definition) is 4. The summed E-state index contributed by atoms with van der Waals surface area (Å²) in [7, 11) is 3.57. The van der Waals surface area contributed by atoms with Crippen molar-refractivity contribution in [3.8, 4) is 17.1 Å². The SMILES string of the molecule is COc1ccc(CN(C)CCc2ccccn2)c2cc(-c3c(F)cccc3F)oc12. The van der Waals surface area contributed by atoms with Gasteiger partial charge < -0.3 is 14.1 Å². The van der Waals surface area contributed by atoms with E-state index in [1.165, 1.54) is 18.2 Å². The second-order valence-corrected chi connectivity index (χ2v) is 7.19. The molecule has 0 spiro atoms. The average Bonchev–Trinajstić information content (AvgIpc) is 3.18. The number of fused-ring (bicyclic) bond motifs is 1. The lowest BCUT2D eigenvalue weighted by Gasteiger charge is -2.17. The number of ether oxygens (including phenoxy) is 1. The van der Waals surface area contributed by atoms with Gasteiger partial charge in [0.25, 0.3) is 0 Å². The van der Waals surface area contributed by atoms with Crippen molar-refractivity contribution in [1.82, 2.24) is 9.88 Å². The van der Waals surface area contributed by atoms with Gasteiger partial charge in [-0.15, -0.1) is 0 Å². The van der Waals surface area contributed by atoms with Crippen LogP contribution >= 0.6 is 0 Å². The Kier molecular flexibility index (Phi) is 5.77. The fourth-order valence-electron chi connectivity index (χ4n) is 3.53. The molecule has 0 bridgehead atoms. The maximum atomic E-state index is 14.3. The quantitative estimate of drug-likeness (QED) is 0.407. The Bertz CT molecular complexity index is 1140. The molecule has 0 aliphatic rings. The summed E-state index contributed by atoms with van der Waals surface area (Å²) in [5.41, 5.74) is 2.32. The van der Waals surface area contributed by atoms with Crippen LogP contribution in [0.25, 0.3) is 22.3 Å². The molecule has 2 heterocycles. The average molecular weight is 408 g/mol. The van der Waals surface area contributed by atoms with Crippen molar-refractivity contribution >= 4 is 11.0 Å². The van der Waals surface area contributed by atoms with Gasteiger partial charge in [0.05, 0.1) is 12.7 Å². The molecule has 6 heteroatoms. The molecule has 0 N–H and O–H groups in total. The Morgan fingerprint density at radius 3 is 2.53 bits per heavy atom. The third kappa shape index (κ3) is 4.04. The minimum atomic E-state index is -0.665. The number of likely N-dealkylation sites (N-methyl/N-ethyl adjacent to an activating group) is 1. The van der Waals surface area contributed by atoms with Gasteiger partial charge >= 0.3 is 0 Å². The van der Waals surface area contributed by atoms with Gasteiger partial charge in [0.15, 0.2) is 11.3 Å². The molecule has 0 aliphatic heterocycles. The number of pyridine rings is 1. The second-order valence-electron chi connectivity index (χ2n) is 7.19. The van der Waals surface area contributed by atoms with Gasteiger partial charge in [-0.05, 0) is 49.0 Å². The van der Waals surface area contributed by atoms with Gasteiger partial charge in [-0.1, -0.05) is 18.2 Å². The third-order valence-electron chi connectivity index (χ3n) is 5.08. The summed E-state index contributed by atoms with van der Waals surface area (Å²) in [6, 6.07) is 15.1. The van der Waals surface area contributed by atoms with Gasteiger partial charge in [-0.3, -0.25) is 4.98 Å². The molecule has 4 aromatic rings. The summed E-state index contributed by atoms with van der Waals surface area (Å²) < 4.78 is 39.8. The number of aromatic nitrogens is 1. The van der Waals surface area contributed by atoms with E-state index in [1.807, 2.05) is 37.4 Å². The monoisotopic (exact) mass is 408 g/mol. The Morgan fingerprint density at radius 1 is 1.03 bits per heavy atom. The summed E-state index contributed by atoms with van der Waals surface area (Å²) >= 11 is 0. The number of rotatable bonds is 7. The molecule has 4 rings (SSSR count). The number of hydrogen-bond donors (Lipinski definition) is 0. The number of halogens is 2. The van der Waals surface area contributed by atoms with Crippen LogP contribution in [0, 0.1) is 11.6 Å². The summed E-state index contributed by atoms with van der Waals surface area (Å²) in [6.07, 6.45) is 2.62. The molecule has 4 nitrogen and oxygen atoms in total. The normalized spacial score (nSPS) is 11.4. The molecule has 30 heavy (non-hydrogen) atoms. The van der Waals surface area contributed by atoms with Gasteiger partial charge in [-0.25, -0.2) is 8.78 Å². The second kappa shape index (κ2) is 8.63. The highest BCUT2D eigenvalue weighted by Crippen LogP contribution is 2.37. The largest absolute Gasteiger partial charge is 0.493 e. The first-order chi connectivity index (χ1) is 14.6. The summed E-state index contributed by atoms with van der Waals surface area (Å²) in [4.78, 5) is 6.53. The van der Waals surface area contributed by atoms with E-state index in [1.54, 1.807) is 19.4 Å². The van der Waals surface area contributed by atoms with E-state index in [4.69, 9.17) is 9.15 Å². The van der Waals surface area contributed by atoms with Crippen molar-refractivity contribution in [3.63, 3.8) is 0 Å². The zero-order valence-electron chi connectivity index (χ0n) is 16.9. The highest BCUT2D eigenvalue weighted by molar-refractivity contribution is 5.90. The van der Waals surface area contributed by atoms with Gasteiger partial charge in [-0.2, -0.15) is 0 Å². The first-order valence-electron chi connectivity index (χ1n) is 9.69. The molecule has 0 amide bonds. The molecular weight excluding hydrogens is 386 g/mol. The van der Waals surface area contributed by atoms with E-state index < -0.39 is 11.6 Å². The topological polar surface area (TPSA) is 38.5 Å². The fourth-order valence-corrected chi connectivity index (χ4v) is 3.53. The minimum absolute atomic E-state index is 0.141. The Labute approximate surface area is 173 Å². The third-order valence-corrected chi connectivity index (χ3v) is 5.08. The van der Waals surface area contributed by atoms with Crippen LogP contribution in [0.1, 0.15) is 11.3 Å². The highest BCUT2D eigenvalue weighted by atomic mass is 19.1. The zero-order chi connectivity index (χ0) is 21.1. The minimum Gasteiger partial charge on any atom is -0.493 e. The van der Waals surface area contributed by atoms with Gasteiger partial charge in [0.2, 0.25) is 0 Å². The lowest BCUT2D eigenvalue weighted by molar-refractivity contribution is 0.331. The molecule has 0 aliphatic carbocycles. The maximum absolute atomic E-state index is 14.3. The van der Waals surface area contributed by atoms with Crippen LogP contribution in [0.15, 0.2) is 65.2 Å². The summed E-state index contributed by atoms with van der Waals surface area (Å²) in [5, 5.41) is 0.775. The highest BCUT2D eigenvalue weighted by Gasteiger charge is 2.19. The van der Waals surface area contributed by atoms with Crippen LogP contribution in [-0.4, -0.2) is 30.6 Å². The Balaban J connectivity index is 1.64. The smallest absolute Gasteiger partial charge is 0.176 e. The van der Waals surface area contributed by atoms with E-state index in [0.29, 0.717) is 17.9 Å². The van der Waals surface area contributed by atoms with Crippen molar-refractivity contribution in [2.45, 2.75) is 13.0 Å². The molecule has 0 saturated heterocycles. The number of furan rings is 1. The first kappa shape index (κ1) is 20.0. The number of nitrogens with zero attached hydrogens (tertiary/aromatic N) is 2. The molecule has 2 aromatic heterocycles. The van der Waals surface area contributed by atoms with Crippen molar-refractivity contribution in [1.29, 1.82) is 0 Å². The maximum Gasteiger partial charge on any atom is 0.176 e. The van der Waals surface area contributed by atoms with Crippen LogP contribution in [0.5, 0.6) is 5.75 Å². The molecule has 0 saturated carbocycles. The molecule has 154 valence electrons. The van der Waals surface area contributed by atoms with Crippen molar-refractivity contribution in [2.24, 2.45) is 0 Å². The van der Waals surface area contributed by atoms with Crippen LogP contribution in [0.3, 0.4) is 0 Å². The van der Waals surface area contributed by atoms with E-state index in [2.05, 4.69) is 9.88 Å². The van der Waals surface area contributed by atoms with E-state index in [0.717, 1.165) is 29.6 Å². The van der Waals surface area contributed by atoms with Crippen LogP contribution in [0.2, 0.25) is 0 Å². The fraction of sp³-hybridized carbons (Fsp3) is 0.208. The lowest BCUT2D eigenvalue weighted by atomic mass is 10.1. The molecule has 2 aromatic carbocycles. The molecule has 0 radical (unpaired) electrons. The van der Waals surface area contributed by atoms with Crippen molar-refractivity contribution in [3.05, 3.63) is 83.7 Å². The van der Waals surface area contributed by atoms with E-state index in [-0.39, 0.29) is 11.3 Å². The Morgan fingerprint density at radius 2 is 1.83 bits per heavy atom. The van der Waals surface area contributed by atoms with Crippen LogP contribution in [0.4, 0.5) is 8.78 Å². The standard InChI is InChI=1S/C24H22F2N2O2/c1-28(13-11-17-6-3-4-12-27-17)15-16-9-10-21(29-2)24-18(16)14-22(30-24)23-19(25)7-5-8-20(23)26/h3-10,12,14H,11,13,15H2,1-2H3. The van der Waals surface area contributed by atoms with Crippen LogP contribution < -0.4 is 4.74 Å².